The van der Waals surface area contributed by atoms with Gasteiger partial charge in [-0.15, -0.1) is 0 Å². The third kappa shape index (κ3) is 3.70. The van der Waals surface area contributed by atoms with E-state index in [1.54, 1.807) is 32.4 Å². The van der Waals surface area contributed by atoms with E-state index >= 15 is 0 Å². The van der Waals surface area contributed by atoms with Gasteiger partial charge in [-0.25, -0.2) is 13.4 Å². The summed E-state index contributed by atoms with van der Waals surface area (Å²) in [6.07, 6.45) is 9.66. The molecule has 8 nitrogen and oxygen atoms in total. The van der Waals surface area contributed by atoms with E-state index in [9.17, 15) is 8.42 Å². The highest BCUT2D eigenvalue weighted by Crippen LogP contribution is 2.36. The van der Waals surface area contributed by atoms with Crippen molar-refractivity contribution in [3.63, 3.8) is 0 Å². The number of aromatic nitrogens is 4. The Morgan fingerprint density at radius 3 is 2.56 bits per heavy atom. The molecule has 3 atom stereocenters. The summed E-state index contributed by atoms with van der Waals surface area (Å²) in [6.45, 7) is 3.49. The number of fused-ring (bicyclic) bond motifs is 2. The number of nitrogens with zero attached hydrogens (tertiary/aromatic N) is 4. The van der Waals surface area contributed by atoms with E-state index in [-0.39, 0.29) is 24.1 Å². The van der Waals surface area contributed by atoms with Crippen LogP contribution < -0.4 is 4.74 Å². The van der Waals surface area contributed by atoms with Gasteiger partial charge in [-0.1, -0.05) is 6.42 Å². The molecule has 27 heavy (non-hydrogen) atoms. The minimum absolute atomic E-state index is 0.0431. The van der Waals surface area contributed by atoms with Crippen molar-refractivity contribution < 1.29 is 13.2 Å². The second-order valence-electron chi connectivity index (χ2n) is 7.51. The second-order valence-corrected chi connectivity index (χ2v) is 9.41. The molecule has 2 saturated heterocycles. The second kappa shape index (κ2) is 7.20. The van der Waals surface area contributed by atoms with Gasteiger partial charge in [0.05, 0.1) is 17.6 Å². The average molecular weight is 391 g/mol. The highest BCUT2D eigenvalue weighted by Gasteiger charge is 2.41. The molecular formula is C18H25N5O3S. The van der Waals surface area contributed by atoms with Crippen LogP contribution in [0.5, 0.6) is 5.88 Å². The van der Waals surface area contributed by atoms with Gasteiger partial charge in [-0.05, 0) is 39.5 Å². The zero-order valence-electron chi connectivity index (χ0n) is 15.6. The Morgan fingerprint density at radius 2 is 1.96 bits per heavy atom. The van der Waals surface area contributed by atoms with E-state index in [0.717, 1.165) is 32.1 Å². The van der Waals surface area contributed by atoms with Gasteiger partial charge < -0.3 is 4.74 Å². The predicted molar refractivity (Wildman–Crippen MR) is 99.1 cm³/mol. The molecule has 9 heteroatoms. The number of nitrogens with one attached hydrogen (secondary N) is 1. The van der Waals surface area contributed by atoms with Gasteiger partial charge in [-0.2, -0.15) is 5.10 Å². The van der Waals surface area contributed by atoms with Gasteiger partial charge in [0.1, 0.15) is 16.9 Å². The first kappa shape index (κ1) is 18.4. The molecule has 0 aliphatic carbocycles. The van der Waals surface area contributed by atoms with Crippen LogP contribution in [0.4, 0.5) is 0 Å². The number of piperidine rings is 2. The van der Waals surface area contributed by atoms with Gasteiger partial charge in [0.25, 0.3) is 0 Å². The Morgan fingerprint density at radius 1 is 1.22 bits per heavy atom. The summed E-state index contributed by atoms with van der Waals surface area (Å²) in [7, 11) is -3.43. The van der Waals surface area contributed by atoms with E-state index in [1.165, 1.54) is 0 Å². The van der Waals surface area contributed by atoms with Crippen molar-refractivity contribution in [1.82, 2.24) is 25.1 Å². The molecular weight excluding hydrogens is 366 g/mol. The quantitative estimate of drug-likeness (QED) is 0.832. The van der Waals surface area contributed by atoms with Crippen LogP contribution in [0.3, 0.4) is 0 Å². The van der Waals surface area contributed by atoms with Crippen LogP contribution in [0.2, 0.25) is 0 Å². The Bertz CT molecular complexity index is 865. The first-order chi connectivity index (χ1) is 12.9. The molecule has 0 spiro atoms. The van der Waals surface area contributed by atoms with Crippen molar-refractivity contribution in [2.24, 2.45) is 0 Å². The highest BCUT2D eigenvalue weighted by molar-refractivity contribution is 7.91. The fourth-order valence-electron chi connectivity index (χ4n) is 4.51. The topological polar surface area (TPSA) is 101 Å². The van der Waals surface area contributed by atoms with Crippen molar-refractivity contribution >= 4 is 9.84 Å². The van der Waals surface area contributed by atoms with Gasteiger partial charge in [-0.3, -0.25) is 15.0 Å². The summed E-state index contributed by atoms with van der Waals surface area (Å²) in [5.74, 6) is 0.577. The van der Waals surface area contributed by atoms with Crippen molar-refractivity contribution in [3.8, 4) is 5.88 Å². The summed E-state index contributed by atoms with van der Waals surface area (Å²) < 4.78 is 32.1. The Hall–Kier alpha value is -2.00. The smallest absolute Gasteiger partial charge is 0.232 e. The first-order valence-corrected chi connectivity index (χ1v) is 11.0. The molecule has 4 heterocycles. The highest BCUT2D eigenvalue weighted by atomic mass is 32.2. The zero-order chi connectivity index (χ0) is 19.0. The van der Waals surface area contributed by atoms with E-state index in [1.807, 2.05) is 0 Å². The fraction of sp³-hybridized carbons (Fsp3) is 0.611. The monoisotopic (exact) mass is 391 g/mol. The number of hydrogen-bond acceptors (Lipinski definition) is 7. The lowest BCUT2D eigenvalue weighted by molar-refractivity contribution is -0.00693. The summed E-state index contributed by atoms with van der Waals surface area (Å²) in [5.41, 5.74) is 1.15. The van der Waals surface area contributed by atoms with Crippen LogP contribution >= 0.6 is 0 Å². The number of hydrogen-bond donors (Lipinski definition) is 1. The van der Waals surface area contributed by atoms with Gasteiger partial charge in [0.15, 0.2) is 9.84 Å². The third-order valence-corrected chi connectivity index (χ3v) is 7.46. The van der Waals surface area contributed by atoms with Crippen LogP contribution in [-0.4, -0.2) is 57.5 Å². The van der Waals surface area contributed by atoms with E-state index in [2.05, 4.69) is 25.1 Å². The predicted octanol–water partition coefficient (Wildman–Crippen LogP) is 2.01. The molecule has 2 aromatic rings. The molecule has 2 aliphatic rings. The normalized spacial score (nSPS) is 26.1. The fourth-order valence-corrected chi connectivity index (χ4v) is 6.46. The summed E-state index contributed by atoms with van der Waals surface area (Å²) in [4.78, 5) is 10.8. The number of sulfone groups is 1. The summed E-state index contributed by atoms with van der Waals surface area (Å²) in [6, 6.07) is 0.419. The Labute approximate surface area is 159 Å². The van der Waals surface area contributed by atoms with Crippen LogP contribution in [0, 0.1) is 13.8 Å². The maximum atomic E-state index is 13.1. The van der Waals surface area contributed by atoms with Crippen molar-refractivity contribution in [1.29, 1.82) is 0 Å². The Balaban J connectivity index is 1.50. The number of H-pyrrole nitrogens is 1. The lowest BCUT2D eigenvalue weighted by Crippen LogP contribution is -2.55. The minimum atomic E-state index is -3.43. The molecule has 0 radical (unpaired) electrons. The number of aryl methyl sites for hydroxylation is 2. The Kier molecular flexibility index (Phi) is 4.90. The number of aromatic amines is 1. The molecule has 1 unspecified atom stereocenters. The molecule has 0 saturated carbocycles. The maximum Gasteiger partial charge on any atom is 0.232 e. The van der Waals surface area contributed by atoms with E-state index < -0.39 is 9.84 Å². The van der Waals surface area contributed by atoms with Gasteiger partial charge in [0, 0.05) is 24.5 Å². The number of ether oxygens (including phenoxy) is 1. The molecule has 2 bridgehead atoms. The maximum absolute atomic E-state index is 13.1. The molecule has 146 valence electrons. The van der Waals surface area contributed by atoms with Crippen LogP contribution in [0.1, 0.15) is 43.5 Å². The average Bonchev–Trinajstić information content (AvgIpc) is 2.95. The van der Waals surface area contributed by atoms with Crippen molar-refractivity contribution in [2.45, 2.75) is 69.0 Å². The lowest BCUT2D eigenvalue weighted by Gasteiger charge is -2.48. The molecule has 2 aromatic heterocycles. The molecule has 2 aliphatic heterocycles. The van der Waals surface area contributed by atoms with E-state index in [4.69, 9.17) is 4.74 Å². The zero-order valence-corrected chi connectivity index (χ0v) is 16.4. The van der Waals surface area contributed by atoms with Crippen LogP contribution in [0.25, 0.3) is 0 Å². The van der Waals surface area contributed by atoms with Gasteiger partial charge in [0.2, 0.25) is 5.88 Å². The number of rotatable bonds is 5. The standard InChI is InChI=1S/C18H25N5O3S/c1-12-18(13(2)22-21-12)27(24,25)11-23-14-4-3-5-15(23)9-16(8-14)26-17-10-19-6-7-20-17/h6-7,10,14-16H,3-5,8-9,11H2,1-2H3,(H,21,22)/t14-,15+,16?. The molecule has 1 N–H and O–H groups in total. The van der Waals surface area contributed by atoms with Crippen molar-refractivity contribution in [2.75, 3.05) is 5.88 Å². The molecule has 0 amide bonds. The molecule has 2 fully saturated rings. The van der Waals surface area contributed by atoms with Gasteiger partial charge >= 0.3 is 0 Å². The van der Waals surface area contributed by atoms with E-state index in [0.29, 0.717) is 22.2 Å². The summed E-state index contributed by atoms with van der Waals surface area (Å²) >= 11 is 0. The van der Waals surface area contributed by atoms with Crippen molar-refractivity contribution in [3.05, 3.63) is 30.0 Å². The largest absolute Gasteiger partial charge is 0.473 e. The van der Waals surface area contributed by atoms with Crippen LogP contribution in [0.15, 0.2) is 23.5 Å². The molecule has 4 rings (SSSR count). The third-order valence-electron chi connectivity index (χ3n) is 5.60. The minimum Gasteiger partial charge on any atom is -0.473 e. The SMILES string of the molecule is Cc1n[nH]c(C)c1S(=O)(=O)CN1[C@@H]2CCC[C@H]1CC(Oc1cnccn1)C2. The lowest BCUT2D eigenvalue weighted by atomic mass is 9.83. The molecule has 0 aromatic carbocycles. The summed E-state index contributed by atoms with van der Waals surface area (Å²) in [5, 5.41) is 6.84. The first-order valence-electron chi connectivity index (χ1n) is 9.37. The van der Waals surface area contributed by atoms with Crippen LogP contribution in [-0.2, 0) is 9.84 Å².